The van der Waals surface area contributed by atoms with Crippen LogP contribution in [0.15, 0.2) is 82.4 Å². The number of likely N-dealkylation sites (N-methyl/N-ethyl adjacent to an activating group) is 1. The van der Waals surface area contributed by atoms with E-state index in [-0.39, 0.29) is 41.4 Å². The molecule has 35 heavy (non-hydrogen) atoms. The third-order valence-electron chi connectivity index (χ3n) is 4.67. The lowest BCUT2D eigenvalue weighted by atomic mass is 10.1. The number of hydrogen-bond donors (Lipinski definition) is 2. The Kier molecular flexibility index (Phi) is 7.07. The summed E-state index contributed by atoms with van der Waals surface area (Å²) in [4.78, 5) is 5.36. The number of hydrazine groups is 1. The van der Waals surface area contributed by atoms with E-state index in [1.807, 2.05) is 6.07 Å². The maximum absolute atomic E-state index is 14.0. The summed E-state index contributed by atoms with van der Waals surface area (Å²) in [5, 5.41) is 21.2. The zero-order valence-corrected chi connectivity index (χ0v) is 18.5. The lowest BCUT2D eigenvalue weighted by Gasteiger charge is -2.14. The first-order valence-electron chi connectivity index (χ1n) is 10.3. The molecule has 0 radical (unpaired) electrons. The topological polar surface area (TPSA) is 123 Å². The molecule has 0 aliphatic rings. The number of hydrogen-bond acceptors (Lipinski definition) is 8. The standard InChI is InChI=1S/C24H20F2N6O3/c1-32(28)23(27)22(15-7-3-2-4-8-15)31-33-14-21-29-30-24(35-21)17-9-5-6-10-19(17)34-20-12-11-16(25)13-18(20)26/h2-13,27H,14,28H2,1H3/b27-23?,31-22-. The van der Waals surface area contributed by atoms with Gasteiger partial charge in [-0.25, -0.2) is 14.6 Å². The number of nitrogens with zero attached hydrogens (tertiary/aromatic N) is 4. The number of nitrogens with one attached hydrogen (secondary N) is 1. The van der Waals surface area contributed by atoms with Gasteiger partial charge in [0.1, 0.15) is 11.6 Å². The molecule has 4 rings (SSSR count). The van der Waals surface area contributed by atoms with E-state index in [0.29, 0.717) is 11.1 Å². The van der Waals surface area contributed by atoms with Crippen LogP contribution in [0.2, 0.25) is 0 Å². The monoisotopic (exact) mass is 478 g/mol. The van der Waals surface area contributed by atoms with E-state index < -0.39 is 11.6 Å². The minimum absolute atomic E-state index is 0.0541. The van der Waals surface area contributed by atoms with Crippen molar-refractivity contribution < 1.29 is 22.8 Å². The first kappa shape index (κ1) is 23.5. The highest BCUT2D eigenvalue weighted by Gasteiger charge is 2.17. The lowest BCUT2D eigenvalue weighted by Crippen LogP contribution is -2.38. The zero-order valence-electron chi connectivity index (χ0n) is 18.5. The molecule has 9 nitrogen and oxygen atoms in total. The molecular formula is C24H20F2N6O3. The van der Waals surface area contributed by atoms with E-state index in [9.17, 15) is 8.78 Å². The van der Waals surface area contributed by atoms with Crippen molar-refractivity contribution in [2.24, 2.45) is 11.0 Å². The maximum atomic E-state index is 14.0. The van der Waals surface area contributed by atoms with Gasteiger partial charge in [0.2, 0.25) is 0 Å². The lowest BCUT2D eigenvalue weighted by molar-refractivity contribution is 0.112. The Bertz CT molecular complexity index is 1360. The maximum Gasteiger partial charge on any atom is 0.257 e. The van der Waals surface area contributed by atoms with Crippen LogP contribution < -0.4 is 10.6 Å². The molecule has 0 fully saturated rings. The molecule has 4 aromatic rings. The Morgan fingerprint density at radius 2 is 1.77 bits per heavy atom. The van der Waals surface area contributed by atoms with Crippen LogP contribution in [0.1, 0.15) is 11.5 Å². The molecule has 0 saturated heterocycles. The average molecular weight is 478 g/mol. The van der Waals surface area contributed by atoms with Crippen LogP contribution in [0, 0.1) is 17.0 Å². The second kappa shape index (κ2) is 10.5. The number of amidine groups is 1. The van der Waals surface area contributed by atoms with Crippen molar-refractivity contribution in [2.75, 3.05) is 7.05 Å². The Hall–Kier alpha value is -4.64. The van der Waals surface area contributed by atoms with Gasteiger partial charge in [0.05, 0.1) is 5.56 Å². The molecule has 3 N–H and O–H groups in total. The largest absolute Gasteiger partial charge is 0.453 e. The fourth-order valence-corrected chi connectivity index (χ4v) is 2.98. The minimum atomic E-state index is -0.847. The van der Waals surface area contributed by atoms with Crippen LogP contribution in [0.4, 0.5) is 8.78 Å². The van der Waals surface area contributed by atoms with E-state index in [1.165, 1.54) is 13.1 Å². The van der Waals surface area contributed by atoms with Gasteiger partial charge in [-0.3, -0.25) is 10.4 Å². The van der Waals surface area contributed by atoms with Crippen LogP contribution in [0.3, 0.4) is 0 Å². The first-order chi connectivity index (χ1) is 16.9. The van der Waals surface area contributed by atoms with Gasteiger partial charge in [-0.15, -0.1) is 10.2 Å². The summed E-state index contributed by atoms with van der Waals surface area (Å²) in [6.07, 6.45) is 0. The molecular weight excluding hydrogens is 458 g/mol. The summed E-state index contributed by atoms with van der Waals surface area (Å²) in [5.41, 5.74) is 1.26. The van der Waals surface area contributed by atoms with Gasteiger partial charge >= 0.3 is 0 Å². The number of aromatic nitrogens is 2. The third kappa shape index (κ3) is 5.65. The second-order valence-electron chi connectivity index (χ2n) is 7.21. The van der Waals surface area contributed by atoms with Crippen LogP contribution >= 0.6 is 0 Å². The highest BCUT2D eigenvalue weighted by atomic mass is 19.1. The van der Waals surface area contributed by atoms with E-state index in [4.69, 9.17) is 25.2 Å². The Labute approximate surface area is 198 Å². The van der Waals surface area contributed by atoms with Crippen molar-refractivity contribution >= 4 is 11.5 Å². The van der Waals surface area contributed by atoms with Crippen LogP contribution in [0.5, 0.6) is 11.5 Å². The summed E-state index contributed by atoms with van der Waals surface area (Å²) in [6.45, 7) is -0.180. The van der Waals surface area contributed by atoms with Crippen molar-refractivity contribution in [3.05, 3.63) is 95.9 Å². The zero-order chi connectivity index (χ0) is 24.8. The molecule has 1 heterocycles. The Morgan fingerprint density at radius 1 is 1.03 bits per heavy atom. The van der Waals surface area contributed by atoms with E-state index in [1.54, 1.807) is 48.5 Å². The number of rotatable bonds is 8. The summed E-state index contributed by atoms with van der Waals surface area (Å²) in [6, 6.07) is 18.6. The summed E-state index contributed by atoms with van der Waals surface area (Å²) >= 11 is 0. The predicted octanol–water partition coefficient (Wildman–Crippen LogP) is 4.51. The van der Waals surface area contributed by atoms with Crippen molar-refractivity contribution in [1.82, 2.24) is 15.2 Å². The molecule has 3 aromatic carbocycles. The van der Waals surface area contributed by atoms with Gasteiger partial charge in [0.25, 0.3) is 11.8 Å². The highest BCUT2D eigenvalue weighted by molar-refractivity contribution is 6.46. The quantitative estimate of drug-likeness (QED) is 0.165. The molecule has 0 amide bonds. The Balaban J connectivity index is 1.51. The van der Waals surface area contributed by atoms with Gasteiger partial charge < -0.3 is 14.0 Å². The minimum Gasteiger partial charge on any atom is -0.453 e. The average Bonchev–Trinajstić information content (AvgIpc) is 3.33. The van der Waals surface area contributed by atoms with Crippen LogP contribution in [0.25, 0.3) is 11.5 Å². The van der Waals surface area contributed by atoms with Crippen LogP contribution in [-0.2, 0) is 11.4 Å². The molecule has 178 valence electrons. The molecule has 0 aliphatic heterocycles. The molecule has 0 saturated carbocycles. The van der Waals surface area contributed by atoms with Crippen molar-refractivity contribution in [3.8, 4) is 23.0 Å². The summed E-state index contributed by atoms with van der Waals surface area (Å²) in [5.74, 6) is 4.36. The summed E-state index contributed by atoms with van der Waals surface area (Å²) < 4.78 is 38.5. The SMILES string of the molecule is CN(N)C(=N)/C(=N\OCc1nnc(-c2ccccc2Oc2ccc(F)cc2F)o1)c1ccccc1. The van der Waals surface area contributed by atoms with Gasteiger partial charge in [-0.05, 0) is 24.3 Å². The van der Waals surface area contributed by atoms with Crippen molar-refractivity contribution in [2.45, 2.75) is 6.61 Å². The number of para-hydroxylation sites is 1. The van der Waals surface area contributed by atoms with E-state index >= 15 is 0 Å². The fourth-order valence-electron chi connectivity index (χ4n) is 2.98. The molecule has 1 aromatic heterocycles. The number of nitrogens with two attached hydrogens (primary N) is 1. The molecule has 0 atom stereocenters. The number of benzene rings is 3. The molecule has 0 unspecified atom stereocenters. The molecule has 0 bridgehead atoms. The molecule has 11 heteroatoms. The van der Waals surface area contributed by atoms with Crippen molar-refractivity contribution in [3.63, 3.8) is 0 Å². The normalized spacial score (nSPS) is 11.3. The first-order valence-corrected chi connectivity index (χ1v) is 10.3. The van der Waals surface area contributed by atoms with Crippen molar-refractivity contribution in [1.29, 1.82) is 5.41 Å². The van der Waals surface area contributed by atoms with Gasteiger partial charge in [-0.1, -0.05) is 47.6 Å². The molecule has 0 aliphatic carbocycles. The highest BCUT2D eigenvalue weighted by Crippen LogP contribution is 2.33. The fraction of sp³-hybridized carbons (Fsp3) is 0.0833. The van der Waals surface area contributed by atoms with Gasteiger partial charge in [-0.2, -0.15) is 0 Å². The van der Waals surface area contributed by atoms with E-state index in [0.717, 1.165) is 17.1 Å². The number of ether oxygens (including phenoxy) is 1. The summed E-state index contributed by atoms with van der Waals surface area (Å²) in [7, 11) is 1.52. The van der Waals surface area contributed by atoms with Gasteiger partial charge in [0.15, 0.2) is 29.7 Å². The molecule has 0 spiro atoms. The number of halogens is 2. The van der Waals surface area contributed by atoms with Gasteiger partial charge in [0, 0.05) is 18.7 Å². The second-order valence-corrected chi connectivity index (χ2v) is 7.21. The Morgan fingerprint density at radius 3 is 2.51 bits per heavy atom. The predicted molar refractivity (Wildman–Crippen MR) is 124 cm³/mol. The smallest absolute Gasteiger partial charge is 0.257 e. The van der Waals surface area contributed by atoms with Crippen LogP contribution in [-0.4, -0.2) is 33.8 Å². The number of oxime groups is 1. The van der Waals surface area contributed by atoms with E-state index in [2.05, 4.69) is 15.4 Å². The third-order valence-corrected chi connectivity index (χ3v) is 4.67.